The summed E-state index contributed by atoms with van der Waals surface area (Å²) >= 11 is 0. The first-order valence-electron chi connectivity index (χ1n) is 9.31. The summed E-state index contributed by atoms with van der Waals surface area (Å²) < 4.78 is 5.33. The predicted molar refractivity (Wildman–Crippen MR) is 101 cm³/mol. The van der Waals surface area contributed by atoms with E-state index in [4.69, 9.17) is 15.3 Å². The molecule has 0 aromatic heterocycles. The average molecular weight is 359 g/mol. The molecule has 1 aliphatic heterocycles. The van der Waals surface area contributed by atoms with Crippen molar-refractivity contribution in [2.45, 2.75) is 65.0 Å². The summed E-state index contributed by atoms with van der Waals surface area (Å²) in [7, 11) is 0. The molecule has 0 unspecified atom stereocenters. The number of nitrogens with two attached hydrogens (primary N) is 1. The molecule has 6 nitrogen and oxygen atoms in total. The van der Waals surface area contributed by atoms with Crippen molar-refractivity contribution < 1.29 is 14.4 Å². The van der Waals surface area contributed by atoms with Crippen LogP contribution < -0.4 is 11.1 Å². The topological polar surface area (TPSA) is 85.9 Å². The van der Waals surface area contributed by atoms with Gasteiger partial charge in [0.2, 0.25) is 5.90 Å². The number of nitrogens with one attached hydrogen (secondary N) is 1. The number of ether oxygens (including phenoxy) is 1. The maximum absolute atomic E-state index is 12.0. The molecular formula is C20H29N3O3. The van der Waals surface area contributed by atoms with Gasteiger partial charge in [-0.05, 0) is 54.7 Å². The van der Waals surface area contributed by atoms with Crippen molar-refractivity contribution in [1.29, 1.82) is 0 Å². The summed E-state index contributed by atoms with van der Waals surface area (Å²) in [4.78, 5) is 17.7. The number of hydrogen-bond donors (Lipinski definition) is 2. The van der Waals surface area contributed by atoms with Gasteiger partial charge in [-0.1, -0.05) is 38.1 Å². The number of oxime groups is 1. The maximum atomic E-state index is 12.0. The van der Waals surface area contributed by atoms with Gasteiger partial charge in [-0.25, -0.2) is 4.79 Å². The first kappa shape index (κ1) is 18.5. The zero-order valence-corrected chi connectivity index (χ0v) is 15.9. The van der Waals surface area contributed by atoms with Crippen LogP contribution in [0.1, 0.15) is 58.4 Å². The number of alkyl carbamates (subject to hydrolysis) is 1. The molecule has 3 N–H and O–H groups in total. The third kappa shape index (κ3) is 4.48. The number of carbonyl (C=O) groups excluding carboxylic acids is 1. The minimum absolute atomic E-state index is 0.283. The van der Waals surface area contributed by atoms with Crippen molar-refractivity contribution in [3.8, 4) is 0 Å². The third-order valence-corrected chi connectivity index (χ3v) is 5.56. The molecule has 2 aliphatic rings. The molecule has 0 saturated heterocycles. The Labute approximate surface area is 155 Å². The Morgan fingerprint density at radius 1 is 1.31 bits per heavy atom. The van der Waals surface area contributed by atoms with E-state index in [9.17, 15) is 4.79 Å². The number of anilines is 1. The molecular weight excluding hydrogens is 330 g/mol. The highest BCUT2D eigenvalue weighted by Crippen LogP contribution is 2.46. The van der Waals surface area contributed by atoms with Gasteiger partial charge in [0.1, 0.15) is 5.60 Å². The van der Waals surface area contributed by atoms with Crippen LogP contribution >= 0.6 is 0 Å². The SMILES string of the molecule is CC(C)(C)C1CCC2(CC1)CC(OC(=O)NCc1ccc(N)cc1)=NO2. The summed E-state index contributed by atoms with van der Waals surface area (Å²) in [5.74, 6) is 1.07. The highest BCUT2D eigenvalue weighted by atomic mass is 16.7. The van der Waals surface area contributed by atoms with Gasteiger partial charge in [0.25, 0.3) is 0 Å². The number of nitrogens with zero attached hydrogens (tertiary/aromatic N) is 1. The van der Waals surface area contributed by atoms with E-state index in [1.807, 2.05) is 12.1 Å². The summed E-state index contributed by atoms with van der Waals surface area (Å²) in [6.45, 7) is 7.26. The van der Waals surface area contributed by atoms with E-state index in [0.29, 0.717) is 35.9 Å². The standard InChI is InChI=1S/C20H29N3O3/c1-19(2,3)15-8-10-20(11-9-15)12-17(23-26-20)25-18(24)22-13-14-4-6-16(21)7-5-14/h4-7,15H,8-13,21H2,1-3H3,(H,22,24). The van der Waals surface area contributed by atoms with Crippen molar-refractivity contribution in [2.75, 3.05) is 5.73 Å². The molecule has 0 atom stereocenters. The Balaban J connectivity index is 1.44. The lowest BCUT2D eigenvalue weighted by Gasteiger charge is -2.40. The van der Waals surface area contributed by atoms with Crippen LogP contribution in [0.2, 0.25) is 0 Å². The van der Waals surface area contributed by atoms with Gasteiger partial charge in [0, 0.05) is 12.2 Å². The smallest absolute Gasteiger partial charge is 0.399 e. The minimum Gasteiger partial charge on any atom is -0.399 e. The van der Waals surface area contributed by atoms with E-state index in [1.165, 1.54) is 0 Å². The maximum Gasteiger partial charge on any atom is 0.414 e. The summed E-state index contributed by atoms with van der Waals surface area (Å²) in [6, 6.07) is 7.34. The monoisotopic (exact) mass is 359 g/mol. The van der Waals surface area contributed by atoms with E-state index < -0.39 is 6.09 Å². The van der Waals surface area contributed by atoms with Gasteiger partial charge in [0.15, 0.2) is 0 Å². The lowest BCUT2D eigenvalue weighted by Crippen LogP contribution is -2.38. The van der Waals surface area contributed by atoms with Crippen molar-refractivity contribution >= 4 is 17.7 Å². The largest absolute Gasteiger partial charge is 0.414 e. The van der Waals surface area contributed by atoms with Crippen LogP contribution in [0, 0.1) is 11.3 Å². The van der Waals surface area contributed by atoms with Gasteiger partial charge in [-0.2, -0.15) is 0 Å². The predicted octanol–water partition coefficient (Wildman–Crippen LogP) is 4.20. The minimum atomic E-state index is -0.510. The second kappa shape index (κ2) is 7.17. The number of amides is 1. The number of hydrogen-bond acceptors (Lipinski definition) is 5. The molecule has 3 rings (SSSR count). The second-order valence-corrected chi connectivity index (χ2v) is 8.56. The Hall–Kier alpha value is -2.24. The molecule has 1 spiro atoms. The molecule has 142 valence electrons. The van der Waals surface area contributed by atoms with Crippen LogP contribution in [0.4, 0.5) is 10.5 Å². The molecule has 1 aromatic rings. The van der Waals surface area contributed by atoms with Gasteiger partial charge >= 0.3 is 6.09 Å². The van der Waals surface area contributed by atoms with Crippen molar-refractivity contribution in [2.24, 2.45) is 16.5 Å². The molecule has 1 saturated carbocycles. The van der Waals surface area contributed by atoms with E-state index in [1.54, 1.807) is 12.1 Å². The Bertz CT molecular complexity index is 669. The Morgan fingerprint density at radius 2 is 1.96 bits per heavy atom. The van der Waals surface area contributed by atoms with Crippen LogP contribution in [0.3, 0.4) is 0 Å². The van der Waals surface area contributed by atoms with E-state index in [-0.39, 0.29) is 5.60 Å². The van der Waals surface area contributed by atoms with Crippen LogP contribution in [0.5, 0.6) is 0 Å². The molecule has 0 bridgehead atoms. The lowest BCUT2D eigenvalue weighted by atomic mass is 9.68. The first-order valence-corrected chi connectivity index (χ1v) is 9.31. The Morgan fingerprint density at radius 3 is 2.58 bits per heavy atom. The normalized spacial score (nSPS) is 25.5. The van der Waals surface area contributed by atoms with E-state index in [0.717, 1.165) is 31.2 Å². The van der Waals surface area contributed by atoms with Gasteiger partial charge < -0.3 is 20.6 Å². The van der Waals surface area contributed by atoms with Crippen LogP contribution in [-0.4, -0.2) is 17.6 Å². The molecule has 26 heavy (non-hydrogen) atoms. The van der Waals surface area contributed by atoms with Crippen molar-refractivity contribution in [3.63, 3.8) is 0 Å². The van der Waals surface area contributed by atoms with E-state index in [2.05, 4.69) is 31.2 Å². The molecule has 1 fully saturated rings. The molecule has 6 heteroatoms. The number of carbonyl (C=O) groups is 1. The van der Waals surface area contributed by atoms with Gasteiger partial charge in [-0.15, -0.1) is 0 Å². The molecule has 0 radical (unpaired) electrons. The summed E-state index contributed by atoms with van der Waals surface area (Å²) in [6.07, 6.45) is 4.21. The number of benzene rings is 1. The quantitative estimate of drug-likeness (QED) is 0.775. The number of nitrogen functional groups attached to an aromatic ring is 1. The average Bonchev–Trinajstić information content (AvgIpc) is 2.96. The highest BCUT2D eigenvalue weighted by molar-refractivity contribution is 5.89. The molecule has 1 aromatic carbocycles. The fourth-order valence-corrected chi connectivity index (χ4v) is 3.77. The van der Waals surface area contributed by atoms with Crippen LogP contribution in [0.15, 0.2) is 29.4 Å². The molecule has 1 amide bonds. The Kier molecular flexibility index (Phi) is 5.12. The van der Waals surface area contributed by atoms with Crippen molar-refractivity contribution in [1.82, 2.24) is 5.32 Å². The van der Waals surface area contributed by atoms with Crippen LogP contribution in [0.25, 0.3) is 0 Å². The van der Waals surface area contributed by atoms with Crippen LogP contribution in [-0.2, 0) is 16.1 Å². The zero-order valence-electron chi connectivity index (χ0n) is 15.9. The third-order valence-electron chi connectivity index (χ3n) is 5.56. The summed E-state index contributed by atoms with van der Waals surface area (Å²) in [5, 5.41) is 6.75. The summed E-state index contributed by atoms with van der Waals surface area (Å²) in [5.41, 5.74) is 7.34. The highest BCUT2D eigenvalue weighted by Gasteiger charge is 2.45. The molecule has 1 aliphatic carbocycles. The zero-order chi connectivity index (χ0) is 18.8. The second-order valence-electron chi connectivity index (χ2n) is 8.56. The fraction of sp³-hybridized carbons (Fsp3) is 0.600. The van der Waals surface area contributed by atoms with Gasteiger partial charge in [0.05, 0.1) is 6.42 Å². The fourth-order valence-electron chi connectivity index (χ4n) is 3.77. The molecule has 1 heterocycles. The first-order chi connectivity index (χ1) is 12.3. The number of rotatable bonds is 2. The van der Waals surface area contributed by atoms with E-state index >= 15 is 0 Å². The van der Waals surface area contributed by atoms with Crippen molar-refractivity contribution in [3.05, 3.63) is 29.8 Å². The van der Waals surface area contributed by atoms with Gasteiger partial charge in [-0.3, -0.25) is 0 Å². The lowest BCUT2D eigenvalue weighted by molar-refractivity contribution is -0.0640.